The first kappa shape index (κ1) is 54.6. The number of hydrogen-bond acceptors (Lipinski definition) is 7. The Kier molecular flexibility index (Phi) is 38.6. The number of hydrogen-bond donors (Lipinski definition) is 0. The summed E-state index contributed by atoms with van der Waals surface area (Å²) >= 11 is 0. The van der Waals surface area contributed by atoms with Crippen LogP contribution in [-0.4, -0.2) is 75.5 Å². The number of nitrogens with zero attached hydrogens (tertiary/aromatic N) is 1. The molecule has 0 bridgehead atoms. The van der Waals surface area contributed by atoms with E-state index in [-0.39, 0.29) is 42.7 Å². The summed E-state index contributed by atoms with van der Waals surface area (Å²) in [6.45, 7) is 4.63. The maximum Gasteiger partial charge on any atom is 0.306 e. The number of unbranched alkanes of at least 4 members (excludes halogenated alkanes) is 23. The van der Waals surface area contributed by atoms with Crippen molar-refractivity contribution in [1.82, 2.24) is 0 Å². The van der Waals surface area contributed by atoms with Crippen LogP contribution in [0.3, 0.4) is 0 Å². The van der Waals surface area contributed by atoms with Crippen LogP contribution in [0.4, 0.5) is 0 Å². The minimum absolute atomic E-state index is 0.0360. The van der Waals surface area contributed by atoms with Crippen molar-refractivity contribution < 1.29 is 38.2 Å². The highest BCUT2D eigenvalue weighted by molar-refractivity contribution is 5.70. The van der Waals surface area contributed by atoms with Crippen molar-refractivity contribution in [2.75, 3.05) is 41.0 Å². The Labute approximate surface area is 351 Å². The van der Waals surface area contributed by atoms with E-state index in [1.807, 2.05) is 0 Å². The van der Waals surface area contributed by atoms with Crippen LogP contribution in [-0.2, 0) is 28.6 Å². The summed E-state index contributed by atoms with van der Waals surface area (Å²) in [6, 6.07) is -0.727. The Morgan fingerprint density at radius 3 is 1.40 bits per heavy atom. The smallest absolute Gasteiger partial charge is 0.306 e. The number of carboxylic acids is 1. The topological polar surface area (TPSA) is 102 Å². The molecule has 8 nitrogen and oxygen atoms in total. The van der Waals surface area contributed by atoms with Crippen molar-refractivity contribution in [1.29, 1.82) is 0 Å². The van der Waals surface area contributed by atoms with Gasteiger partial charge in [0.25, 0.3) is 0 Å². The lowest BCUT2D eigenvalue weighted by molar-refractivity contribution is -0.889. The molecule has 8 heteroatoms. The predicted octanol–water partition coefficient (Wildman–Crippen LogP) is 11.7. The molecule has 0 N–H and O–H groups in total. The number of carbonyl (C=O) groups excluding carboxylic acids is 3. The molecule has 0 aromatic carbocycles. The van der Waals surface area contributed by atoms with E-state index in [9.17, 15) is 19.5 Å². The molecule has 0 spiro atoms. The molecule has 0 amide bonds. The van der Waals surface area contributed by atoms with Gasteiger partial charge in [-0.1, -0.05) is 159 Å². The van der Waals surface area contributed by atoms with E-state index in [1.165, 1.54) is 122 Å². The molecule has 2 unspecified atom stereocenters. The summed E-state index contributed by atoms with van der Waals surface area (Å²) in [5.41, 5.74) is 0. The van der Waals surface area contributed by atoms with Crippen LogP contribution in [0.15, 0.2) is 36.5 Å². The molecule has 0 rings (SSSR count). The summed E-state index contributed by atoms with van der Waals surface area (Å²) in [4.78, 5) is 36.9. The Hall–Kier alpha value is -2.45. The molecule has 332 valence electrons. The number of allylic oxidation sites excluding steroid dienone is 6. The van der Waals surface area contributed by atoms with Crippen LogP contribution in [0, 0.1) is 0 Å². The second kappa shape index (κ2) is 40.3. The number of aliphatic carboxylic acids is 1. The van der Waals surface area contributed by atoms with Gasteiger partial charge in [-0.15, -0.1) is 0 Å². The van der Waals surface area contributed by atoms with Gasteiger partial charge >= 0.3 is 11.9 Å². The lowest BCUT2D eigenvalue weighted by Gasteiger charge is -2.34. The van der Waals surface area contributed by atoms with Gasteiger partial charge in [0, 0.05) is 19.3 Å². The standard InChI is InChI=1S/C49H89NO7/c1-6-8-10-12-14-16-18-20-21-22-23-24-25-26-28-30-32-34-36-38-40-48(52)57-45(43-55-42-41-46(49(53)54)50(3,4)5)44-56-47(51)39-37-35-33-31-29-27-19-17-15-13-11-9-7-2/h16,18,20-21,27,29,45-46H,6-15,17,19,22-26,28,30-44H2,1-5H3/b18-16+,21-20+,29-27+. The molecule has 0 saturated heterocycles. The van der Waals surface area contributed by atoms with Gasteiger partial charge in [0.15, 0.2) is 6.10 Å². The lowest BCUT2D eigenvalue weighted by Crippen LogP contribution is -2.55. The number of esters is 2. The molecule has 0 radical (unpaired) electrons. The average Bonchev–Trinajstić information content (AvgIpc) is 3.17. The molecule has 0 aliphatic rings. The zero-order valence-electron chi connectivity index (χ0n) is 37.8. The zero-order valence-corrected chi connectivity index (χ0v) is 37.8. The zero-order chi connectivity index (χ0) is 42.1. The molecule has 57 heavy (non-hydrogen) atoms. The molecule has 2 atom stereocenters. The summed E-state index contributed by atoms with van der Waals surface area (Å²) in [6.07, 6.45) is 45.9. The Balaban J connectivity index is 4.30. The van der Waals surface area contributed by atoms with Gasteiger partial charge in [-0.2, -0.15) is 0 Å². The molecule has 0 aliphatic carbocycles. The van der Waals surface area contributed by atoms with E-state index in [0.29, 0.717) is 12.8 Å². The first-order chi connectivity index (χ1) is 27.6. The summed E-state index contributed by atoms with van der Waals surface area (Å²) in [5, 5.41) is 11.6. The molecular formula is C49H89NO7. The van der Waals surface area contributed by atoms with Gasteiger partial charge in [0.1, 0.15) is 12.6 Å². The highest BCUT2D eigenvalue weighted by Crippen LogP contribution is 2.14. The minimum Gasteiger partial charge on any atom is -0.544 e. The number of carbonyl (C=O) groups is 3. The van der Waals surface area contributed by atoms with Gasteiger partial charge in [0.2, 0.25) is 0 Å². The molecule has 0 fully saturated rings. The highest BCUT2D eigenvalue weighted by Gasteiger charge is 2.25. The Morgan fingerprint density at radius 1 is 0.526 bits per heavy atom. The molecular weight excluding hydrogens is 715 g/mol. The first-order valence-corrected chi connectivity index (χ1v) is 23.5. The summed E-state index contributed by atoms with van der Waals surface area (Å²) in [5.74, 6) is -1.75. The van der Waals surface area contributed by atoms with Gasteiger partial charge in [0.05, 0.1) is 40.3 Å². The molecule has 0 heterocycles. The van der Waals surface area contributed by atoms with E-state index < -0.39 is 18.1 Å². The molecule has 0 saturated carbocycles. The number of likely N-dealkylation sites (N-methyl/N-ethyl adjacent to an activating group) is 1. The summed E-state index contributed by atoms with van der Waals surface area (Å²) < 4.78 is 17.2. The van der Waals surface area contributed by atoms with E-state index >= 15 is 0 Å². The first-order valence-electron chi connectivity index (χ1n) is 23.5. The van der Waals surface area contributed by atoms with Crippen molar-refractivity contribution in [3.8, 4) is 0 Å². The van der Waals surface area contributed by atoms with Crippen LogP contribution in [0.2, 0.25) is 0 Å². The molecule has 0 aromatic heterocycles. The molecule has 0 aromatic rings. The normalized spacial score (nSPS) is 13.2. The lowest BCUT2D eigenvalue weighted by atomic mass is 10.1. The third-order valence-electron chi connectivity index (χ3n) is 10.5. The fourth-order valence-corrected chi connectivity index (χ4v) is 6.82. The minimum atomic E-state index is -1.13. The van der Waals surface area contributed by atoms with Gasteiger partial charge in [-0.05, 0) is 64.2 Å². The van der Waals surface area contributed by atoms with Crippen LogP contribution >= 0.6 is 0 Å². The third kappa shape index (κ3) is 38.8. The number of carboxylic acid groups (broad SMARTS) is 1. The number of rotatable bonds is 42. The van der Waals surface area contributed by atoms with Crippen molar-refractivity contribution in [2.24, 2.45) is 0 Å². The quantitative estimate of drug-likeness (QED) is 0.0199. The second-order valence-electron chi connectivity index (χ2n) is 17.0. The van der Waals surface area contributed by atoms with Crippen molar-refractivity contribution in [3.63, 3.8) is 0 Å². The fourth-order valence-electron chi connectivity index (χ4n) is 6.82. The van der Waals surface area contributed by atoms with Crippen molar-refractivity contribution >= 4 is 17.9 Å². The van der Waals surface area contributed by atoms with Crippen molar-refractivity contribution in [2.45, 2.75) is 219 Å². The third-order valence-corrected chi connectivity index (χ3v) is 10.5. The molecule has 0 aliphatic heterocycles. The average molecular weight is 804 g/mol. The van der Waals surface area contributed by atoms with Crippen LogP contribution in [0.25, 0.3) is 0 Å². The van der Waals surface area contributed by atoms with Crippen molar-refractivity contribution in [3.05, 3.63) is 36.5 Å². The largest absolute Gasteiger partial charge is 0.544 e. The fraction of sp³-hybridized carbons (Fsp3) is 0.816. The van der Waals surface area contributed by atoms with Crippen LogP contribution in [0.1, 0.15) is 206 Å². The number of ether oxygens (including phenoxy) is 3. The monoisotopic (exact) mass is 804 g/mol. The number of quaternary nitrogens is 1. The van der Waals surface area contributed by atoms with Gasteiger partial charge in [-0.3, -0.25) is 9.59 Å². The van der Waals surface area contributed by atoms with E-state index in [1.54, 1.807) is 21.1 Å². The highest BCUT2D eigenvalue weighted by atomic mass is 16.6. The van der Waals surface area contributed by atoms with Crippen LogP contribution < -0.4 is 5.11 Å². The van der Waals surface area contributed by atoms with Gasteiger partial charge < -0.3 is 28.6 Å². The Bertz CT molecular complexity index is 1030. The summed E-state index contributed by atoms with van der Waals surface area (Å²) in [7, 11) is 5.41. The van der Waals surface area contributed by atoms with E-state index in [0.717, 1.165) is 51.4 Å². The Morgan fingerprint density at radius 2 is 0.930 bits per heavy atom. The van der Waals surface area contributed by atoms with Gasteiger partial charge in [-0.25, -0.2) is 0 Å². The second-order valence-corrected chi connectivity index (χ2v) is 17.0. The maximum absolute atomic E-state index is 12.7. The SMILES string of the molecule is CCCCCC/C=C/C=C/CCCCCCCCCCCCC(=O)OC(COCCC(C(=O)[O-])[N+](C)(C)C)COC(=O)CCCCC/C=C/CCCCCCCC. The van der Waals surface area contributed by atoms with E-state index in [4.69, 9.17) is 14.2 Å². The maximum atomic E-state index is 12.7. The van der Waals surface area contributed by atoms with Crippen LogP contribution in [0.5, 0.6) is 0 Å². The van der Waals surface area contributed by atoms with E-state index in [2.05, 4.69) is 50.3 Å². The predicted molar refractivity (Wildman–Crippen MR) is 236 cm³/mol.